The molecule has 1 saturated heterocycles. The highest BCUT2D eigenvalue weighted by Gasteiger charge is 2.45. The Bertz CT molecular complexity index is 1040. The van der Waals surface area contributed by atoms with Crippen LogP contribution < -0.4 is 18.9 Å². The van der Waals surface area contributed by atoms with E-state index in [-0.39, 0.29) is 11.7 Å². The van der Waals surface area contributed by atoms with Crippen LogP contribution in [-0.2, 0) is 0 Å². The van der Waals surface area contributed by atoms with E-state index in [4.69, 9.17) is 18.9 Å². The number of rotatable bonds is 9. The van der Waals surface area contributed by atoms with Crippen molar-refractivity contribution in [3.8, 4) is 23.0 Å². The van der Waals surface area contributed by atoms with Crippen LogP contribution in [0, 0.1) is 0 Å². The summed E-state index contributed by atoms with van der Waals surface area (Å²) in [5, 5.41) is 0. The first kappa shape index (κ1) is 24.9. The van der Waals surface area contributed by atoms with E-state index < -0.39 is 5.60 Å². The molecule has 0 unspecified atom stereocenters. The molecule has 2 aromatic carbocycles. The third kappa shape index (κ3) is 5.39. The molecule has 2 heterocycles. The molecule has 1 fully saturated rings. The lowest BCUT2D eigenvalue weighted by molar-refractivity contribution is -0.00745. The number of carbonyl (C=O) groups excluding carboxylic acids is 2. The number of benzene rings is 2. The van der Waals surface area contributed by atoms with Gasteiger partial charge in [0.1, 0.15) is 11.4 Å². The molecule has 0 N–H and O–H groups in total. The van der Waals surface area contributed by atoms with Gasteiger partial charge in [0.25, 0.3) is 5.91 Å². The van der Waals surface area contributed by atoms with Gasteiger partial charge in [-0.05, 0) is 42.8 Å². The van der Waals surface area contributed by atoms with Gasteiger partial charge in [-0.1, -0.05) is 26.2 Å². The molecule has 7 nitrogen and oxygen atoms in total. The van der Waals surface area contributed by atoms with Crippen LogP contribution in [-0.4, -0.2) is 56.1 Å². The van der Waals surface area contributed by atoms with Crippen molar-refractivity contribution in [2.75, 3.05) is 33.9 Å². The van der Waals surface area contributed by atoms with Crippen molar-refractivity contribution in [1.82, 2.24) is 4.90 Å². The van der Waals surface area contributed by atoms with Crippen LogP contribution in [0.3, 0.4) is 0 Å². The summed E-state index contributed by atoms with van der Waals surface area (Å²) >= 11 is 0. The Morgan fingerprint density at radius 2 is 1.74 bits per heavy atom. The lowest BCUT2D eigenvalue weighted by atomic mass is 9.82. The first-order valence-electron chi connectivity index (χ1n) is 12.5. The summed E-state index contributed by atoms with van der Waals surface area (Å²) in [7, 11) is 3.10. The fourth-order valence-corrected chi connectivity index (χ4v) is 4.85. The van der Waals surface area contributed by atoms with E-state index in [1.54, 1.807) is 19.2 Å². The second kappa shape index (κ2) is 11.0. The summed E-state index contributed by atoms with van der Waals surface area (Å²) in [5.41, 5.74) is 0.506. The molecule has 4 rings (SSSR count). The molecule has 0 aromatic heterocycles. The number of fused-ring (bicyclic) bond motifs is 1. The molecular formula is C28H35NO6. The van der Waals surface area contributed by atoms with Crippen LogP contribution in [0.4, 0.5) is 0 Å². The maximum Gasteiger partial charge on any atom is 0.253 e. The Morgan fingerprint density at radius 3 is 2.40 bits per heavy atom. The van der Waals surface area contributed by atoms with Crippen LogP contribution in [0.5, 0.6) is 23.0 Å². The number of methoxy groups -OCH3 is 2. The highest BCUT2D eigenvalue weighted by atomic mass is 16.5. The van der Waals surface area contributed by atoms with Crippen LogP contribution in [0.15, 0.2) is 36.4 Å². The van der Waals surface area contributed by atoms with Crippen LogP contribution in [0.25, 0.3) is 0 Å². The number of likely N-dealkylation sites (tertiary alicyclic amines) is 1. The fraction of sp³-hybridized carbons (Fsp3) is 0.500. The van der Waals surface area contributed by atoms with Crippen molar-refractivity contribution in [1.29, 1.82) is 0 Å². The van der Waals surface area contributed by atoms with Gasteiger partial charge in [-0.2, -0.15) is 0 Å². The highest BCUT2D eigenvalue weighted by Crippen LogP contribution is 2.47. The topological polar surface area (TPSA) is 74.3 Å². The van der Waals surface area contributed by atoms with E-state index >= 15 is 0 Å². The standard InChI is InChI=1S/C28H35NO6/c1-4-5-6-7-18-34-21-10-8-20(9-11-21)27(31)29-16-14-28(15-17-29)19-23(30)22-12-13-24(32-2)26(33-3)25(22)35-28/h8-13H,4-7,14-19H2,1-3H3. The maximum atomic E-state index is 13.1. The second-order valence-electron chi connectivity index (χ2n) is 9.29. The molecular weight excluding hydrogens is 446 g/mol. The number of hydrogen-bond acceptors (Lipinski definition) is 6. The zero-order chi connectivity index (χ0) is 24.8. The largest absolute Gasteiger partial charge is 0.494 e. The summed E-state index contributed by atoms with van der Waals surface area (Å²) in [6.07, 6.45) is 6.07. The van der Waals surface area contributed by atoms with E-state index in [2.05, 4.69) is 6.92 Å². The number of amides is 1. The number of hydrogen-bond donors (Lipinski definition) is 0. The first-order chi connectivity index (χ1) is 17.0. The molecule has 2 aliphatic rings. The van der Waals surface area contributed by atoms with Crippen molar-refractivity contribution in [3.05, 3.63) is 47.5 Å². The smallest absolute Gasteiger partial charge is 0.253 e. The average molecular weight is 482 g/mol. The van der Waals surface area contributed by atoms with Crippen molar-refractivity contribution >= 4 is 11.7 Å². The van der Waals surface area contributed by atoms with Crippen LogP contribution in [0.2, 0.25) is 0 Å². The number of unbranched alkanes of at least 4 members (excludes halogenated alkanes) is 3. The van der Waals surface area contributed by atoms with Gasteiger partial charge in [-0.3, -0.25) is 9.59 Å². The van der Waals surface area contributed by atoms with Gasteiger partial charge in [-0.15, -0.1) is 0 Å². The molecule has 2 aliphatic heterocycles. The quantitative estimate of drug-likeness (QED) is 0.452. The Balaban J connectivity index is 1.37. The minimum Gasteiger partial charge on any atom is -0.494 e. The minimum absolute atomic E-state index is 0.0175. The lowest BCUT2D eigenvalue weighted by Crippen LogP contribution is -2.52. The van der Waals surface area contributed by atoms with Gasteiger partial charge in [0.15, 0.2) is 17.3 Å². The molecule has 2 aromatic rings. The molecule has 0 saturated carbocycles. The Hall–Kier alpha value is -3.22. The Morgan fingerprint density at radius 1 is 1.00 bits per heavy atom. The van der Waals surface area contributed by atoms with E-state index in [0.717, 1.165) is 12.2 Å². The maximum absolute atomic E-state index is 13.1. The van der Waals surface area contributed by atoms with E-state index in [1.807, 2.05) is 29.2 Å². The zero-order valence-electron chi connectivity index (χ0n) is 20.9. The van der Waals surface area contributed by atoms with Gasteiger partial charge >= 0.3 is 0 Å². The number of ether oxygens (including phenoxy) is 4. The predicted octanol–water partition coefficient (Wildman–Crippen LogP) is 5.30. The Labute approximate surface area is 207 Å². The predicted molar refractivity (Wildman–Crippen MR) is 133 cm³/mol. The monoisotopic (exact) mass is 481 g/mol. The number of piperidine rings is 1. The summed E-state index contributed by atoms with van der Waals surface area (Å²) < 4.78 is 23.1. The van der Waals surface area contributed by atoms with Gasteiger partial charge in [0.05, 0.1) is 32.8 Å². The molecule has 0 radical (unpaired) electrons. The van der Waals surface area contributed by atoms with Crippen LogP contribution in [0.1, 0.15) is 72.6 Å². The van der Waals surface area contributed by atoms with Gasteiger partial charge in [0, 0.05) is 31.5 Å². The molecule has 0 bridgehead atoms. The molecule has 1 amide bonds. The minimum atomic E-state index is -0.643. The summed E-state index contributed by atoms with van der Waals surface area (Å²) in [5.74, 6) is 2.19. The van der Waals surface area contributed by atoms with Gasteiger partial charge < -0.3 is 23.8 Å². The highest BCUT2D eigenvalue weighted by molar-refractivity contribution is 6.01. The first-order valence-corrected chi connectivity index (χ1v) is 12.5. The summed E-state index contributed by atoms with van der Waals surface area (Å²) in [6, 6.07) is 10.8. The molecule has 0 atom stereocenters. The Kier molecular flexibility index (Phi) is 7.83. The van der Waals surface area contributed by atoms with E-state index in [0.29, 0.717) is 67.3 Å². The number of carbonyl (C=O) groups is 2. The molecule has 7 heteroatoms. The van der Waals surface area contributed by atoms with Crippen molar-refractivity contribution < 1.29 is 28.5 Å². The third-order valence-electron chi connectivity index (χ3n) is 6.93. The SMILES string of the molecule is CCCCCCOc1ccc(C(=O)N2CCC3(CC2)CC(=O)c2ccc(OC)c(OC)c2O3)cc1. The number of nitrogens with zero attached hydrogens (tertiary/aromatic N) is 1. The summed E-state index contributed by atoms with van der Waals surface area (Å²) in [6.45, 7) is 3.92. The lowest BCUT2D eigenvalue weighted by Gasteiger charge is -2.44. The number of ketones is 1. The normalized spacial score (nSPS) is 16.4. The summed E-state index contributed by atoms with van der Waals surface area (Å²) in [4.78, 5) is 27.9. The molecule has 188 valence electrons. The number of Topliss-reactive ketones (excluding diaryl/α,β-unsaturated/α-hetero) is 1. The molecule has 0 aliphatic carbocycles. The van der Waals surface area contributed by atoms with Crippen molar-refractivity contribution in [3.63, 3.8) is 0 Å². The van der Waals surface area contributed by atoms with Crippen molar-refractivity contribution in [2.45, 2.75) is 57.5 Å². The van der Waals surface area contributed by atoms with Crippen LogP contribution >= 0.6 is 0 Å². The molecule has 1 spiro atoms. The van der Waals surface area contributed by atoms with Crippen molar-refractivity contribution in [2.24, 2.45) is 0 Å². The zero-order valence-corrected chi connectivity index (χ0v) is 20.9. The average Bonchev–Trinajstić information content (AvgIpc) is 2.88. The van der Waals surface area contributed by atoms with Gasteiger partial charge in [-0.25, -0.2) is 0 Å². The van der Waals surface area contributed by atoms with E-state index in [9.17, 15) is 9.59 Å². The fourth-order valence-electron chi connectivity index (χ4n) is 4.85. The van der Waals surface area contributed by atoms with Gasteiger partial charge in [0.2, 0.25) is 5.75 Å². The molecule has 35 heavy (non-hydrogen) atoms. The third-order valence-corrected chi connectivity index (χ3v) is 6.93. The van der Waals surface area contributed by atoms with E-state index in [1.165, 1.54) is 26.4 Å². The second-order valence-corrected chi connectivity index (χ2v) is 9.29.